The second-order valence-electron chi connectivity index (χ2n) is 2.82. The Hall–Kier alpha value is 1.15. The van der Waals surface area contributed by atoms with Gasteiger partial charge in [0, 0.05) is 55.1 Å². The molecule has 6 heteroatoms. The Kier molecular flexibility index (Phi) is 22.6. The summed E-state index contributed by atoms with van der Waals surface area (Å²) in [6, 6.07) is 0. The minimum atomic E-state index is 0. The van der Waals surface area contributed by atoms with Gasteiger partial charge in [-0.3, -0.25) is 0 Å². The van der Waals surface area contributed by atoms with E-state index in [1.54, 1.807) is 14.2 Å². The second-order valence-corrected chi connectivity index (χ2v) is 2.82. The number of ether oxygens (including phenoxy) is 5. The molecule has 5 nitrogen and oxygen atoms in total. The quantitative estimate of drug-likeness (QED) is 0.466. The van der Waals surface area contributed by atoms with E-state index in [0.29, 0.717) is 52.9 Å². The van der Waals surface area contributed by atoms with Gasteiger partial charge in [-0.05, 0) is 0 Å². The maximum Gasteiger partial charge on any atom is 0.0701 e. The molecule has 0 unspecified atom stereocenters. The Morgan fingerprint density at radius 3 is 1.00 bits per heavy atom. The van der Waals surface area contributed by atoms with Gasteiger partial charge in [-0.25, -0.2) is 0 Å². The van der Waals surface area contributed by atoms with Crippen molar-refractivity contribution in [3.05, 3.63) is 0 Å². The normalized spacial score (nSPS) is 10.1. The van der Waals surface area contributed by atoms with E-state index in [9.17, 15) is 0 Å². The first-order valence-electron chi connectivity index (χ1n) is 5.13. The molecule has 0 N–H and O–H groups in total. The van der Waals surface area contributed by atoms with Crippen molar-refractivity contribution in [3.63, 3.8) is 0 Å². The molecule has 0 aromatic carbocycles. The molecule has 96 valence electrons. The predicted molar refractivity (Wildman–Crippen MR) is 56.2 cm³/mol. The van der Waals surface area contributed by atoms with Gasteiger partial charge in [0.2, 0.25) is 0 Å². The molecule has 0 amide bonds. The fourth-order valence-electron chi connectivity index (χ4n) is 0.826. The zero-order valence-corrected chi connectivity index (χ0v) is 13.4. The van der Waals surface area contributed by atoms with Gasteiger partial charge < -0.3 is 23.7 Å². The summed E-state index contributed by atoms with van der Waals surface area (Å²) in [5.74, 6) is 0. The van der Waals surface area contributed by atoms with E-state index < -0.39 is 0 Å². The molecule has 0 aliphatic heterocycles. The average Bonchev–Trinajstić information content (AvgIpc) is 2.26. The van der Waals surface area contributed by atoms with Gasteiger partial charge in [0.1, 0.15) is 0 Å². The summed E-state index contributed by atoms with van der Waals surface area (Å²) in [5, 5.41) is 0. The SMILES string of the molecule is COCCOCCOCCOCCOC.[Nd]. The summed E-state index contributed by atoms with van der Waals surface area (Å²) in [7, 11) is 3.30. The number of hydrogen-bond donors (Lipinski definition) is 0. The molecule has 0 aliphatic carbocycles. The largest absolute Gasteiger partial charge is 0.382 e. The molecular weight excluding hydrogens is 344 g/mol. The van der Waals surface area contributed by atoms with Crippen molar-refractivity contribution in [1.82, 2.24) is 0 Å². The van der Waals surface area contributed by atoms with Crippen LogP contribution in [0.3, 0.4) is 0 Å². The Balaban J connectivity index is 0. The Labute approximate surface area is 131 Å². The molecule has 0 aromatic heterocycles. The molecule has 0 aliphatic rings. The van der Waals surface area contributed by atoms with Crippen LogP contribution in [0.1, 0.15) is 0 Å². The van der Waals surface area contributed by atoms with Crippen LogP contribution in [0.2, 0.25) is 0 Å². The zero-order chi connectivity index (χ0) is 11.2. The molecule has 0 saturated carbocycles. The smallest absolute Gasteiger partial charge is 0.0701 e. The summed E-state index contributed by atoms with van der Waals surface area (Å²) in [6.07, 6.45) is 0. The van der Waals surface area contributed by atoms with Crippen LogP contribution in [0.5, 0.6) is 0 Å². The van der Waals surface area contributed by atoms with E-state index in [2.05, 4.69) is 0 Å². The summed E-state index contributed by atoms with van der Waals surface area (Å²) >= 11 is 0. The predicted octanol–water partition coefficient (Wildman–Crippen LogP) is 0.329. The average molecular weight is 367 g/mol. The van der Waals surface area contributed by atoms with Crippen LogP contribution in [0.25, 0.3) is 0 Å². The molecule has 0 bridgehead atoms. The van der Waals surface area contributed by atoms with E-state index in [1.807, 2.05) is 0 Å². The van der Waals surface area contributed by atoms with Gasteiger partial charge >= 0.3 is 0 Å². The van der Waals surface area contributed by atoms with Gasteiger partial charge in [-0.2, -0.15) is 0 Å². The van der Waals surface area contributed by atoms with Crippen LogP contribution < -0.4 is 0 Å². The molecule has 0 saturated heterocycles. The van der Waals surface area contributed by atoms with Crippen LogP contribution in [0.15, 0.2) is 0 Å². The van der Waals surface area contributed by atoms with E-state index >= 15 is 0 Å². The standard InChI is InChI=1S/C10H22O5.Nd/c1-11-3-5-13-7-9-15-10-8-14-6-4-12-2;/h3-10H2,1-2H3;. The molecule has 0 radical (unpaired) electrons. The number of rotatable bonds is 12. The van der Waals surface area contributed by atoms with Gasteiger partial charge in [0.05, 0.1) is 52.9 Å². The third-order valence-corrected chi connectivity index (χ3v) is 1.61. The van der Waals surface area contributed by atoms with Crippen molar-refractivity contribution in [2.45, 2.75) is 0 Å². The zero-order valence-electron chi connectivity index (χ0n) is 10.2. The van der Waals surface area contributed by atoms with Crippen molar-refractivity contribution in [3.8, 4) is 0 Å². The first-order valence-corrected chi connectivity index (χ1v) is 5.13. The van der Waals surface area contributed by atoms with E-state index in [4.69, 9.17) is 23.7 Å². The van der Waals surface area contributed by atoms with Crippen molar-refractivity contribution in [2.75, 3.05) is 67.1 Å². The van der Waals surface area contributed by atoms with Gasteiger partial charge in [-0.15, -0.1) is 0 Å². The number of methoxy groups -OCH3 is 2. The Morgan fingerprint density at radius 1 is 0.500 bits per heavy atom. The maximum absolute atomic E-state index is 5.26. The Bertz CT molecular complexity index is 103. The molecule has 0 heterocycles. The van der Waals surface area contributed by atoms with Crippen LogP contribution in [-0.2, 0) is 23.7 Å². The number of hydrogen-bond acceptors (Lipinski definition) is 5. The summed E-state index contributed by atoms with van der Waals surface area (Å²) < 4.78 is 25.3. The fraction of sp³-hybridized carbons (Fsp3) is 1.00. The van der Waals surface area contributed by atoms with Crippen molar-refractivity contribution in [1.29, 1.82) is 0 Å². The van der Waals surface area contributed by atoms with E-state index in [-0.39, 0.29) is 40.8 Å². The molecule has 0 fully saturated rings. The van der Waals surface area contributed by atoms with Crippen molar-refractivity contribution in [2.24, 2.45) is 0 Å². The third-order valence-electron chi connectivity index (χ3n) is 1.61. The van der Waals surface area contributed by atoms with Gasteiger partial charge in [0.25, 0.3) is 0 Å². The molecule has 16 heavy (non-hydrogen) atoms. The van der Waals surface area contributed by atoms with Gasteiger partial charge in [0.15, 0.2) is 0 Å². The van der Waals surface area contributed by atoms with Crippen LogP contribution in [-0.4, -0.2) is 67.1 Å². The topological polar surface area (TPSA) is 46.2 Å². The molecule has 0 spiro atoms. The van der Waals surface area contributed by atoms with Crippen LogP contribution >= 0.6 is 0 Å². The van der Waals surface area contributed by atoms with E-state index in [0.717, 1.165) is 0 Å². The summed E-state index contributed by atoms with van der Waals surface area (Å²) in [6.45, 7) is 4.87. The molecular formula is C10H22NdO5. The van der Waals surface area contributed by atoms with Crippen molar-refractivity contribution >= 4 is 0 Å². The van der Waals surface area contributed by atoms with E-state index in [1.165, 1.54) is 0 Å². The van der Waals surface area contributed by atoms with Crippen LogP contribution in [0, 0.1) is 40.8 Å². The summed E-state index contributed by atoms with van der Waals surface area (Å²) in [5.41, 5.74) is 0. The first-order chi connectivity index (χ1) is 7.41. The minimum Gasteiger partial charge on any atom is -0.382 e. The first kappa shape index (κ1) is 19.5. The Morgan fingerprint density at radius 2 is 0.750 bits per heavy atom. The second kappa shape index (κ2) is 18.5. The van der Waals surface area contributed by atoms with Crippen molar-refractivity contribution < 1.29 is 64.5 Å². The summed E-state index contributed by atoms with van der Waals surface area (Å²) in [4.78, 5) is 0. The van der Waals surface area contributed by atoms with Gasteiger partial charge in [-0.1, -0.05) is 0 Å². The molecule has 0 atom stereocenters. The molecule has 0 aromatic rings. The van der Waals surface area contributed by atoms with Crippen LogP contribution in [0.4, 0.5) is 0 Å². The minimum absolute atomic E-state index is 0. The fourth-order valence-corrected chi connectivity index (χ4v) is 0.826. The molecule has 0 rings (SSSR count). The maximum atomic E-state index is 5.26. The monoisotopic (exact) mass is 364 g/mol. The third kappa shape index (κ3) is 17.5.